The van der Waals surface area contributed by atoms with Gasteiger partial charge in [-0.15, -0.1) is 0 Å². The molecule has 4 heteroatoms. The van der Waals surface area contributed by atoms with Crippen LogP contribution in [0, 0.1) is 5.41 Å². The van der Waals surface area contributed by atoms with E-state index in [-0.39, 0.29) is 11.3 Å². The maximum Gasteiger partial charge on any atom is 0.267 e. The van der Waals surface area contributed by atoms with Gasteiger partial charge in [0.25, 0.3) is 5.91 Å². The van der Waals surface area contributed by atoms with Crippen molar-refractivity contribution in [2.75, 3.05) is 13.1 Å². The number of aryl methyl sites for hydroxylation is 1. The first-order valence-electron chi connectivity index (χ1n) is 7.21. The molecule has 1 aromatic rings. The topological polar surface area (TPSA) is 46.1 Å². The summed E-state index contributed by atoms with van der Waals surface area (Å²) in [7, 11) is 0. The van der Waals surface area contributed by atoms with E-state index < -0.39 is 0 Å². The van der Waals surface area contributed by atoms with Crippen molar-refractivity contribution in [2.24, 2.45) is 5.41 Å². The molecule has 0 radical (unpaired) electrons. The highest BCUT2D eigenvalue weighted by Gasteiger charge is 2.32. The van der Waals surface area contributed by atoms with E-state index in [0.717, 1.165) is 18.8 Å². The normalized spacial score (nSPS) is 22.2. The van der Waals surface area contributed by atoms with Crippen LogP contribution in [-0.4, -0.2) is 29.6 Å². The van der Waals surface area contributed by atoms with E-state index in [1.165, 1.54) is 12.8 Å². The van der Waals surface area contributed by atoms with Gasteiger partial charge in [-0.2, -0.15) is 0 Å². The quantitative estimate of drug-likeness (QED) is 0.873. The van der Waals surface area contributed by atoms with Crippen molar-refractivity contribution in [3.63, 3.8) is 0 Å². The molecule has 1 atom stereocenters. The fourth-order valence-corrected chi connectivity index (χ4v) is 2.80. The predicted octanol–water partition coefficient (Wildman–Crippen LogP) is 2.02. The molecule has 2 heterocycles. The van der Waals surface area contributed by atoms with Crippen LogP contribution in [0.15, 0.2) is 18.3 Å². The number of piperidine rings is 1. The minimum absolute atomic E-state index is 0.0232. The maximum absolute atomic E-state index is 12.2. The van der Waals surface area contributed by atoms with Crippen LogP contribution in [0.1, 0.15) is 44.1 Å². The highest BCUT2D eigenvalue weighted by molar-refractivity contribution is 5.92. The van der Waals surface area contributed by atoms with Crippen LogP contribution in [0.2, 0.25) is 0 Å². The zero-order valence-corrected chi connectivity index (χ0v) is 12.2. The largest absolute Gasteiger partial charge is 0.349 e. The SMILES string of the molecule is CCn1cccc1C(=O)NCC1NCCCC1(C)C. The Labute approximate surface area is 115 Å². The molecule has 106 valence electrons. The van der Waals surface area contributed by atoms with Crippen molar-refractivity contribution in [1.29, 1.82) is 0 Å². The lowest BCUT2D eigenvalue weighted by Crippen LogP contribution is -2.52. The monoisotopic (exact) mass is 263 g/mol. The van der Waals surface area contributed by atoms with Crippen molar-refractivity contribution >= 4 is 5.91 Å². The minimum Gasteiger partial charge on any atom is -0.349 e. The Hall–Kier alpha value is -1.29. The first kappa shape index (κ1) is 14.1. The molecule has 2 rings (SSSR count). The lowest BCUT2D eigenvalue weighted by molar-refractivity contribution is 0.0920. The average molecular weight is 263 g/mol. The number of carbonyl (C=O) groups is 1. The van der Waals surface area contributed by atoms with Gasteiger partial charge in [0.05, 0.1) is 0 Å². The van der Waals surface area contributed by atoms with Crippen molar-refractivity contribution < 1.29 is 4.79 Å². The summed E-state index contributed by atoms with van der Waals surface area (Å²) in [4.78, 5) is 12.2. The number of hydrogen-bond donors (Lipinski definition) is 2. The molecule has 2 N–H and O–H groups in total. The van der Waals surface area contributed by atoms with Gasteiger partial charge in [-0.3, -0.25) is 4.79 Å². The number of aromatic nitrogens is 1. The van der Waals surface area contributed by atoms with E-state index in [4.69, 9.17) is 0 Å². The second-order valence-electron chi connectivity index (χ2n) is 5.99. The van der Waals surface area contributed by atoms with E-state index in [2.05, 4.69) is 24.5 Å². The summed E-state index contributed by atoms with van der Waals surface area (Å²) in [5.74, 6) is 0.0232. The Bertz CT molecular complexity index is 436. The first-order chi connectivity index (χ1) is 9.04. The zero-order chi connectivity index (χ0) is 13.9. The van der Waals surface area contributed by atoms with Crippen LogP contribution >= 0.6 is 0 Å². The molecule has 1 aliphatic rings. The second kappa shape index (κ2) is 5.78. The molecule has 1 amide bonds. The Kier molecular flexibility index (Phi) is 4.30. The van der Waals surface area contributed by atoms with Gasteiger partial charge in [0.15, 0.2) is 0 Å². The van der Waals surface area contributed by atoms with Crippen molar-refractivity contribution in [3.05, 3.63) is 24.0 Å². The third-order valence-electron chi connectivity index (χ3n) is 4.20. The maximum atomic E-state index is 12.2. The first-order valence-corrected chi connectivity index (χ1v) is 7.21. The molecule has 0 spiro atoms. The zero-order valence-electron chi connectivity index (χ0n) is 12.2. The molecule has 0 saturated carbocycles. The van der Waals surface area contributed by atoms with Crippen LogP contribution in [0.5, 0.6) is 0 Å². The van der Waals surface area contributed by atoms with Gasteiger partial charge in [0, 0.05) is 25.3 Å². The van der Waals surface area contributed by atoms with Crippen LogP contribution < -0.4 is 10.6 Å². The summed E-state index contributed by atoms with van der Waals surface area (Å²) in [6, 6.07) is 4.15. The molecule has 19 heavy (non-hydrogen) atoms. The number of carbonyl (C=O) groups excluding carboxylic acids is 1. The van der Waals surface area contributed by atoms with Crippen LogP contribution in [-0.2, 0) is 6.54 Å². The Balaban J connectivity index is 1.93. The van der Waals surface area contributed by atoms with Crippen LogP contribution in [0.3, 0.4) is 0 Å². The predicted molar refractivity (Wildman–Crippen MR) is 77.2 cm³/mol. The molecule has 1 saturated heterocycles. The summed E-state index contributed by atoms with van der Waals surface area (Å²) in [6.45, 7) is 9.15. The highest BCUT2D eigenvalue weighted by atomic mass is 16.1. The summed E-state index contributed by atoms with van der Waals surface area (Å²) in [5.41, 5.74) is 0.995. The Morgan fingerprint density at radius 1 is 1.58 bits per heavy atom. The standard InChI is InChI=1S/C15H25N3O/c1-4-18-10-5-7-12(18)14(19)17-11-13-15(2,3)8-6-9-16-13/h5,7,10,13,16H,4,6,8-9,11H2,1-3H3,(H,17,19). The minimum atomic E-state index is 0.0232. The highest BCUT2D eigenvalue weighted by Crippen LogP contribution is 2.29. The van der Waals surface area contributed by atoms with Gasteiger partial charge >= 0.3 is 0 Å². The number of nitrogens with zero attached hydrogens (tertiary/aromatic N) is 1. The van der Waals surface area contributed by atoms with Crippen molar-refractivity contribution in [3.8, 4) is 0 Å². The molecule has 1 unspecified atom stereocenters. The van der Waals surface area contributed by atoms with Crippen molar-refractivity contribution in [1.82, 2.24) is 15.2 Å². The molecule has 0 bridgehead atoms. The number of nitrogens with one attached hydrogen (secondary N) is 2. The number of amides is 1. The third kappa shape index (κ3) is 3.18. The Morgan fingerprint density at radius 3 is 3.05 bits per heavy atom. The van der Waals surface area contributed by atoms with E-state index in [1.54, 1.807) is 0 Å². The summed E-state index contributed by atoms with van der Waals surface area (Å²) >= 11 is 0. The van der Waals surface area contributed by atoms with E-state index >= 15 is 0 Å². The second-order valence-corrected chi connectivity index (χ2v) is 5.99. The molecule has 0 aliphatic carbocycles. The number of hydrogen-bond acceptors (Lipinski definition) is 2. The molecule has 0 aromatic carbocycles. The third-order valence-corrected chi connectivity index (χ3v) is 4.20. The molecule has 1 aliphatic heterocycles. The van der Waals surface area contributed by atoms with Crippen LogP contribution in [0.25, 0.3) is 0 Å². The molecule has 1 aromatic heterocycles. The van der Waals surface area contributed by atoms with E-state index in [0.29, 0.717) is 12.6 Å². The van der Waals surface area contributed by atoms with E-state index in [1.807, 2.05) is 29.8 Å². The van der Waals surface area contributed by atoms with Gasteiger partial charge in [-0.1, -0.05) is 13.8 Å². The van der Waals surface area contributed by atoms with Gasteiger partial charge < -0.3 is 15.2 Å². The number of rotatable bonds is 4. The lowest BCUT2D eigenvalue weighted by atomic mass is 9.77. The summed E-state index contributed by atoms with van der Waals surface area (Å²) < 4.78 is 1.97. The lowest BCUT2D eigenvalue weighted by Gasteiger charge is -2.39. The summed E-state index contributed by atoms with van der Waals surface area (Å²) in [6.07, 6.45) is 4.37. The van der Waals surface area contributed by atoms with Gasteiger partial charge in [0.1, 0.15) is 5.69 Å². The smallest absolute Gasteiger partial charge is 0.267 e. The average Bonchev–Trinajstić information content (AvgIpc) is 2.85. The van der Waals surface area contributed by atoms with Crippen LogP contribution in [0.4, 0.5) is 0 Å². The van der Waals surface area contributed by atoms with Crippen molar-refractivity contribution in [2.45, 2.75) is 46.2 Å². The fourth-order valence-electron chi connectivity index (χ4n) is 2.80. The van der Waals surface area contributed by atoms with Gasteiger partial charge in [0.2, 0.25) is 0 Å². The molecule has 4 nitrogen and oxygen atoms in total. The van der Waals surface area contributed by atoms with Gasteiger partial charge in [-0.25, -0.2) is 0 Å². The fraction of sp³-hybridized carbons (Fsp3) is 0.667. The molecule has 1 fully saturated rings. The van der Waals surface area contributed by atoms with Gasteiger partial charge in [-0.05, 0) is 43.9 Å². The Morgan fingerprint density at radius 2 is 2.37 bits per heavy atom. The van der Waals surface area contributed by atoms with E-state index in [9.17, 15) is 4.79 Å². The summed E-state index contributed by atoms with van der Waals surface area (Å²) in [5, 5.41) is 6.58. The molecular formula is C15H25N3O. The molecular weight excluding hydrogens is 238 g/mol.